The van der Waals surface area contributed by atoms with Crippen LogP contribution >= 0.6 is 0 Å². The molecule has 10 heteroatoms. The van der Waals surface area contributed by atoms with Crippen LogP contribution in [-0.4, -0.2) is 42.0 Å². The average molecular weight is 345 g/mol. The minimum atomic E-state index is -4.51. The van der Waals surface area contributed by atoms with E-state index in [4.69, 9.17) is 0 Å². The number of nitrogens with one attached hydrogen (secondary N) is 3. The zero-order valence-electron chi connectivity index (χ0n) is 12.6. The lowest BCUT2D eigenvalue weighted by molar-refractivity contribution is -0.139. The van der Waals surface area contributed by atoms with E-state index in [9.17, 15) is 22.4 Å². The third kappa shape index (κ3) is 4.93. The first-order valence-electron chi connectivity index (χ1n) is 6.99. The first-order chi connectivity index (χ1) is 11.3. The van der Waals surface area contributed by atoms with Crippen molar-refractivity contribution in [2.45, 2.75) is 19.1 Å². The molecule has 6 nitrogen and oxygen atoms in total. The number of carbonyl (C=O) groups is 1. The molecule has 1 aliphatic rings. The van der Waals surface area contributed by atoms with Crippen LogP contribution in [0.15, 0.2) is 41.2 Å². The molecular formula is C14H15F4N5O. The Balaban J connectivity index is 2.04. The van der Waals surface area contributed by atoms with Crippen LogP contribution in [0.2, 0.25) is 0 Å². The molecule has 0 aromatic carbocycles. The van der Waals surface area contributed by atoms with Crippen molar-refractivity contribution in [1.29, 1.82) is 0 Å². The number of hydrogen-bond donors (Lipinski definition) is 3. The summed E-state index contributed by atoms with van der Waals surface area (Å²) in [7, 11) is 0. The topological polar surface area (TPSA) is 78.4 Å². The fourth-order valence-corrected chi connectivity index (χ4v) is 1.85. The largest absolute Gasteiger partial charge is 0.405 e. The third-order valence-corrected chi connectivity index (χ3v) is 3.04. The Hall–Kier alpha value is -2.65. The van der Waals surface area contributed by atoms with E-state index in [0.29, 0.717) is 11.4 Å². The summed E-state index contributed by atoms with van der Waals surface area (Å²) in [6, 6.07) is 2.29. The van der Waals surface area contributed by atoms with Gasteiger partial charge in [0.15, 0.2) is 11.6 Å². The molecule has 1 atom stereocenters. The van der Waals surface area contributed by atoms with Gasteiger partial charge in [-0.3, -0.25) is 9.78 Å². The number of nitrogens with zero attached hydrogens (tertiary/aromatic N) is 2. The lowest BCUT2D eigenvalue weighted by Gasteiger charge is -2.21. The summed E-state index contributed by atoms with van der Waals surface area (Å²) in [4.78, 5) is 19.6. The maximum Gasteiger partial charge on any atom is 0.405 e. The maximum atomic E-state index is 13.9. The minimum Gasteiger partial charge on any atom is -0.363 e. The van der Waals surface area contributed by atoms with E-state index in [2.05, 4.69) is 20.6 Å². The molecule has 130 valence electrons. The van der Waals surface area contributed by atoms with Crippen molar-refractivity contribution in [2.24, 2.45) is 4.99 Å². The average Bonchev–Trinajstić information content (AvgIpc) is 2.54. The molecule has 0 unspecified atom stereocenters. The lowest BCUT2D eigenvalue weighted by atomic mass is 10.2. The third-order valence-electron chi connectivity index (χ3n) is 3.04. The van der Waals surface area contributed by atoms with Crippen molar-refractivity contribution in [3.05, 3.63) is 41.7 Å². The van der Waals surface area contributed by atoms with E-state index in [1.165, 1.54) is 13.1 Å². The van der Waals surface area contributed by atoms with Gasteiger partial charge in [0, 0.05) is 18.0 Å². The summed E-state index contributed by atoms with van der Waals surface area (Å²) < 4.78 is 50.2. The highest BCUT2D eigenvalue weighted by Gasteiger charge is 2.29. The summed E-state index contributed by atoms with van der Waals surface area (Å²) in [6.45, 7) is -0.300. The molecular weight excluding hydrogens is 330 g/mol. The standard InChI is InChI=1S/C14H15F4N5O/c1-8(13(24)21-7-14(16,17)18)22-12-10(15)6-20-11(23-12)9-3-2-4-19-5-9/h2-5,8,22H,6-7H2,1H3,(H,20,23)(H,21,24)/t8-/m0/s1. The van der Waals surface area contributed by atoms with Crippen LogP contribution in [0, 0.1) is 0 Å². The molecule has 0 saturated heterocycles. The molecule has 0 spiro atoms. The van der Waals surface area contributed by atoms with E-state index in [0.717, 1.165) is 0 Å². The highest BCUT2D eigenvalue weighted by atomic mass is 19.4. The van der Waals surface area contributed by atoms with Crippen LogP contribution in [-0.2, 0) is 4.79 Å². The predicted molar refractivity (Wildman–Crippen MR) is 78.6 cm³/mol. The Morgan fingerprint density at radius 2 is 2.21 bits per heavy atom. The van der Waals surface area contributed by atoms with Gasteiger partial charge in [0.2, 0.25) is 5.91 Å². The highest BCUT2D eigenvalue weighted by Crippen LogP contribution is 2.14. The SMILES string of the molecule is C[C@H](NC1=C(F)CNC(c2cccnc2)=N1)C(=O)NCC(F)(F)F. The smallest absolute Gasteiger partial charge is 0.363 e. The normalized spacial score (nSPS) is 16.1. The van der Waals surface area contributed by atoms with E-state index < -0.39 is 30.5 Å². The zero-order chi connectivity index (χ0) is 17.7. The zero-order valence-corrected chi connectivity index (χ0v) is 12.6. The number of carbonyl (C=O) groups excluding carboxylic acids is 1. The Morgan fingerprint density at radius 3 is 2.83 bits per heavy atom. The second kappa shape index (κ2) is 7.28. The number of aromatic nitrogens is 1. The van der Waals surface area contributed by atoms with Crippen LogP contribution in [0.5, 0.6) is 0 Å². The van der Waals surface area contributed by atoms with E-state index >= 15 is 0 Å². The number of amides is 1. The summed E-state index contributed by atoms with van der Waals surface area (Å²) in [5, 5.41) is 6.96. The Kier molecular flexibility index (Phi) is 5.37. The van der Waals surface area contributed by atoms with Crippen LogP contribution in [0.4, 0.5) is 17.6 Å². The van der Waals surface area contributed by atoms with Crippen LogP contribution in [0.25, 0.3) is 0 Å². The van der Waals surface area contributed by atoms with Gasteiger partial charge >= 0.3 is 6.18 Å². The molecule has 1 aliphatic heterocycles. The van der Waals surface area contributed by atoms with Crippen molar-refractivity contribution in [2.75, 3.05) is 13.1 Å². The maximum absolute atomic E-state index is 13.9. The number of alkyl halides is 3. The summed E-state index contributed by atoms with van der Waals surface area (Å²) in [5.41, 5.74) is 0.610. The summed E-state index contributed by atoms with van der Waals surface area (Å²) in [5.74, 6) is -1.43. The summed E-state index contributed by atoms with van der Waals surface area (Å²) >= 11 is 0. The summed E-state index contributed by atoms with van der Waals surface area (Å²) in [6.07, 6.45) is -1.43. The van der Waals surface area contributed by atoms with E-state index in [1.54, 1.807) is 23.6 Å². The molecule has 1 aromatic heterocycles. The molecule has 24 heavy (non-hydrogen) atoms. The quantitative estimate of drug-likeness (QED) is 0.702. The number of pyridine rings is 1. The molecule has 3 N–H and O–H groups in total. The molecule has 1 amide bonds. The molecule has 0 fully saturated rings. The van der Waals surface area contributed by atoms with Gasteiger partial charge in [-0.05, 0) is 19.1 Å². The van der Waals surface area contributed by atoms with Crippen molar-refractivity contribution in [3.8, 4) is 0 Å². The van der Waals surface area contributed by atoms with Gasteiger partial charge in [0.05, 0.1) is 6.54 Å². The van der Waals surface area contributed by atoms with Gasteiger partial charge in [-0.1, -0.05) is 0 Å². The van der Waals surface area contributed by atoms with E-state index in [1.807, 2.05) is 0 Å². The first-order valence-corrected chi connectivity index (χ1v) is 6.99. The monoisotopic (exact) mass is 345 g/mol. The number of amidine groups is 1. The van der Waals surface area contributed by atoms with Gasteiger partial charge in [-0.25, -0.2) is 9.38 Å². The Morgan fingerprint density at radius 1 is 1.46 bits per heavy atom. The molecule has 0 bridgehead atoms. The highest BCUT2D eigenvalue weighted by molar-refractivity contribution is 5.99. The molecule has 2 heterocycles. The number of halogens is 4. The van der Waals surface area contributed by atoms with Crippen LogP contribution in [0.3, 0.4) is 0 Å². The lowest BCUT2D eigenvalue weighted by Crippen LogP contribution is -2.46. The number of aliphatic imine (C=N–C) groups is 1. The molecule has 2 rings (SSSR count). The van der Waals surface area contributed by atoms with Gasteiger partial charge in [0.1, 0.15) is 18.4 Å². The second-order valence-corrected chi connectivity index (χ2v) is 5.01. The van der Waals surface area contributed by atoms with Crippen molar-refractivity contribution in [1.82, 2.24) is 20.9 Å². The Labute approximate surface area is 135 Å². The van der Waals surface area contributed by atoms with Crippen molar-refractivity contribution in [3.63, 3.8) is 0 Å². The molecule has 0 aliphatic carbocycles. The fourth-order valence-electron chi connectivity index (χ4n) is 1.85. The van der Waals surface area contributed by atoms with E-state index in [-0.39, 0.29) is 12.4 Å². The molecule has 0 radical (unpaired) electrons. The predicted octanol–water partition coefficient (Wildman–Crippen LogP) is 1.23. The van der Waals surface area contributed by atoms with Crippen molar-refractivity contribution >= 4 is 11.7 Å². The van der Waals surface area contributed by atoms with Crippen molar-refractivity contribution < 1.29 is 22.4 Å². The van der Waals surface area contributed by atoms with Gasteiger partial charge < -0.3 is 16.0 Å². The first kappa shape index (κ1) is 17.7. The van der Waals surface area contributed by atoms with Gasteiger partial charge in [-0.15, -0.1) is 0 Å². The van der Waals surface area contributed by atoms with Crippen LogP contribution < -0.4 is 16.0 Å². The number of rotatable bonds is 5. The number of hydrogen-bond acceptors (Lipinski definition) is 5. The fraction of sp³-hybridized carbons (Fsp3) is 0.357. The Bertz CT molecular complexity index is 657. The van der Waals surface area contributed by atoms with Crippen LogP contribution in [0.1, 0.15) is 12.5 Å². The van der Waals surface area contributed by atoms with Gasteiger partial charge in [0.25, 0.3) is 0 Å². The molecule has 1 aromatic rings. The molecule has 0 saturated carbocycles. The van der Waals surface area contributed by atoms with Gasteiger partial charge in [-0.2, -0.15) is 13.2 Å². The minimum absolute atomic E-state index is 0.160. The second-order valence-electron chi connectivity index (χ2n) is 5.01.